The van der Waals surface area contributed by atoms with Crippen LogP contribution in [0.2, 0.25) is 0 Å². The van der Waals surface area contributed by atoms with Crippen molar-refractivity contribution in [3.8, 4) is 0 Å². The van der Waals surface area contributed by atoms with E-state index < -0.39 is 16.0 Å². The van der Waals surface area contributed by atoms with Crippen LogP contribution in [0.3, 0.4) is 0 Å². The highest BCUT2D eigenvalue weighted by atomic mass is 32.2. The van der Waals surface area contributed by atoms with Gasteiger partial charge in [0.05, 0.1) is 11.3 Å². The quantitative estimate of drug-likeness (QED) is 0.789. The summed E-state index contributed by atoms with van der Waals surface area (Å²) in [6, 6.07) is 6.54. The predicted octanol–water partition coefficient (Wildman–Crippen LogP) is 1.26. The Morgan fingerprint density at radius 1 is 1.37 bits per heavy atom. The number of nitrogens with one attached hydrogen (secondary N) is 1. The van der Waals surface area contributed by atoms with Gasteiger partial charge in [0, 0.05) is 6.54 Å². The zero-order chi connectivity index (χ0) is 13.9. The van der Waals surface area contributed by atoms with Crippen LogP contribution in [0.25, 0.3) is 0 Å². The molecule has 0 aliphatic heterocycles. The predicted molar refractivity (Wildman–Crippen MR) is 71.6 cm³/mol. The molecule has 1 aliphatic carbocycles. The summed E-state index contributed by atoms with van der Waals surface area (Å²) in [6.45, 7) is 0.304. The zero-order valence-electron chi connectivity index (χ0n) is 10.5. The first-order valence-corrected chi connectivity index (χ1v) is 7.91. The number of aromatic carboxylic acids is 1. The molecule has 0 bridgehead atoms. The van der Waals surface area contributed by atoms with Crippen molar-refractivity contribution in [2.24, 2.45) is 5.92 Å². The highest BCUT2D eigenvalue weighted by molar-refractivity contribution is 7.89. The van der Waals surface area contributed by atoms with Gasteiger partial charge in [-0.15, -0.1) is 0 Å². The lowest BCUT2D eigenvalue weighted by Gasteiger charge is -2.06. The van der Waals surface area contributed by atoms with E-state index in [0.29, 0.717) is 18.9 Å². The molecule has 0 amide bonds. The molecule has 2 N–H and O–H groups in total. The van der Waals surface area contributed by atoms with Crippen LogP contribution in [0.15, 0.2) is 24.3 Å². The normalized spacial score (nSPS) is 15.4. The Morgan fingerprint density at radius 3 is 2.74 bits per heavy atom. The minimum Gasteiger partial charge on any atom is -0.478 e. The third-order valence-electron chi connectivity index (χ3n) is 3.06. The lowest BCUT2D eigenvalue weighted by molar-refractivity contribution is 0.0696. The summed E-state index contributed by atoms with van der Waals surface area (Å²) in [5.41, 5.74) is 1.03. The molecule has 0 saturated heterocycles. The summed E-state index contributed by atoms with van der Waals surface area (Å²) >= 11 is 0. The summed E-state index contributed by atoms with van der Waals surface area (Å²) < 4.78 is 25.8. The van der Waals surface area contributed by atoms with Crippen LogP contribution in [0, 0.1) is 5.92 Å². The number of hydrogen-bond donors (Lipinski definition) is 2. The van der Waals surface area contributed by atoms with Gasteiger partial charge in [-0.2, -0.15) is 0 Å². The molecule has 1 aliphatic rings. The number of benzene rings is 1. The maximum atomic E-state index is 11.6. The molecule has 0 unspecified atom stereocenters. The minimum absolute atomic E-state index is 0.210. The van der Waals surface area contributed by atoms with Gasteiger partial charge in [0.2, 0.25) is 10.0 Å². The van der Waals surface area contributed by atoms with Crippen molar-refractivity contribution in [2.75, 3.05) is 12.3 Å². The average molecular weight is 283 g/mol. The van der Waals surface area contributed by atoms with Gasteiger partial charge in [-0.25, -0.2) is 17.9 Å². The Bertz CT molecular complexity index is 564. The number of carboxylic acids is 1. The molecule has 1 fully saturated rings. The van der Waals surface area contributed by atoms with E-state index in [4.69, 9.17) is 5.11 Å². The molecule has 104 valence electrons. The second-order valence-electron chi connectivity index (χ2n) is 4.87. The number of hydrogen-bond acceptors (Lipinski definition) is 3. The molecule has 0 atom stereocenters. The maximum Gasteiger partial charge on any atom is 0.335 e. The van der Waals surface area contributed by atoms with Crippen molar-refractivity contribution in [3.63, 3.8) is 0 Å². The van der Waals surface area contributed by atoms with Crippen molar-refractivity contribution < 1.29 is 18.3 Å². The standard InChI is InChI=1S/C13H17NO4S/c15-13(16)12-3-1-2-10(8-12)6-7-14-19(17,18)9-11-4-5-11/h1-3,8,11,14H,4-7,9H2,(H,15,16). The molecule has 2 rings (SSSR count). The van der Waals surface area contributed by atoms with E-state index in [1.165, 1.54) is 6.07 Å². The minimum atomic E-state index is -3.18. The molecular formula is C13H17NO4S. The van der Waals surface area contributed by atoms with Crippen LogP contribution < -0.4 is 4.72 Å². The van der Waals surface area contributed by atoms with Gasteiger partial charge >= 0.3 is 5.97 Å². The Balaban J connectivity index is 1.84. The van der Waals surface area contributed by atoms with Crippen molar-refractivity contribution in [1.29, 1.82) is 0 Å². The van der Waals surface area contributed by atoms with E-state index in [2.05, 4.69) is 4.72 Å². The molecule has 5 nitrogen and oxygen atoms in total. The van der Waals surface area contributed by atoms with Crippen molar-refractivity contribution in [3.05, 3.63) is 35.4 Å². The molecule has 0 radical (unpaired) electrons. The highest BCUT2D eigenvalue weighted by Gasteiger charge is 2.27. The third-order valence-corrected chi connectivity index (χ3v) is 4.62. The van der Waals surface area contributed by atoms with E-state index in [1.54, 1.807) is 18.2 Å². The monoisotopic (exact) mass is 283 g/mol. The fourth-order valence-corrected chi connectivity index (χ4v) is 3.35. The second kappa shape index (κ2) is 5.71. The SMILES string of the molecule is O=C(O)c1cccc(CCNS(=O)(=O)CC2CC2)c1. The van der Waals surface area contributed by atoms with Gasteiger partial charge in [-0.05, 0) is 42.9 Å². The molecule has 0 aromatic heterocycles. The van der Waals surface area contributed by atoms with Gasteiger partial charge in [0.15, 0.2) is 0 Å². The Morgan fingerprint density at radius 2 is 2.11 bits per heavy atom. The van der Waals surface area contributed by atoms with E-state index in [9.17, 15) is 13.2 Å². The molecule has 1 saturated carbocycles. The average Bonchev–Trinajstić information content (AvgIpc) is 3.12. The molecule has 0 heterocycles. The highest BCUT2D eigenvalue weighted by Crippen LogP contribution is 2.29. The van der Waals surface area contributed by atoms with Crippen LogP contribution in [-0.4, -0.2) is 31.8 Å². The summed E-state index contributed by atoms with van der Waals surface area (Å²) in [5, 5.41) is 8.86. The second-order valence-corrected chi connectivity index (χ2v) is 6.73. The molecule has 1 aromatic rings. The van der Waals surface area contributed by atoms with Gasteiger partial charge < -0.3 is 5.11 Å². The lowest BCUT2D eigenvalue weighted by Crippen LogP contribution is -2.29. The largest absolute Gasteiger partial charge is 0.478 e. The Hall–Kier alpha value is -1.40. The third kappa shape index (κ3) is 4.65. The molecule has 19 heavy (non-hydrogen) atoms. The van der Waals surface area contributed by atoms with Crippen LogP contribution in [0.4, 0.5) is 0 Å². The summed E-state index contributed by atoms with van der Waals surface area (Å²) in [4.78, 5) is 10.8. The fourth-order valence-electron chi connectivity index (χ4n) is 1.86. The first-order chi connectivity index (χ1) is 8.96. The number of sulfonamides is 1. The van der Waals surface area contributed by atoms with Crippen LogP contribution in [0.1, 0.15) is 28.8 Å². The smallest absolute Gasteiger partial charge is 0.335 e. The number of rotatable bonds is 7. The summed E-state index contributed by atoms with van der Waals surface area (Å²) in [7, 11) is -3.18. The van der Waals surface area contributed by atoms with Crippen molar-refractivity contribution >= 4 is 16.0 Å². The van der Waals surface area contributed by atoms with Gasteiger partial charge in [-0.1, -0.05) is 12.1 Å². The molecular weight excluding hydrogens is 266 g/mol. The van der Waals surface area contributed by atoms with Gasteiger partial charge in [-0.3, -0.25) is 0 Å². The molecule has 1 aromatic carbocycles. The fraction of sp³-hybridized carbons (Fsp3) is 0.462. The summed E-state index contributed by atoms with van der Waals surface area (Å²) in [5.74, 6) is -0.439. The molecule has 6 heteroatoms. The summed E-state index contributed by atoms with van der Waals surface area (Å²) in [6.07, 6.45) is 2.49. The van der Waals surface area contributed by atoms with E-state index in [1.807, 2.05) is 0 Å². The first-order valence-electron chi connectivity index (χ1n) is 6.26. The van der Waals surface area contributed by atoms with Gasteiger partial charge in [0.25, 0.3) is 0 Å². The topological polar surface area (TPSA) is 83.5 Å². The lowest BCUT2D eigenvalue weighted by atomic mass is 10.1. The van der Waals surface area contributed by atoms with E-state index in [0.717, 1.165) is 18.4 Å². The van der Waals surface area contributed by atoms with E-state index in [-0.39, 0.29) is 11.3 Å². The van der Waals surface area contributed by atoms with Crippen molar-refractivity contribution in [2.45, 2.75) is 19.3 Å². The van der Waals surface area contributed by atoms with Crippen LogP contribution >= 0.6 is 0 Å². The van der Waals surface area contributed by atoms with Crippen LogP contribution in [-0.2, 0) is 16.4 Å². The molecule has 0 spiro atoms. The Labute approximate surface area is 112 Å². The van der Waals surface area contributed by atoms with Crippen molar-refractivity contribution in [1.82, 2.24) is 4.72 Å². The van der Waals surface area contributed by atoms with Crippen LogP contribution in [0.5, 0.6) is 0 Å². The number of carboxylic acid groups (broad SMARTS) is 1. The maximum absolute atomic E-state index is 11.6. The zero-order valence-corrected chi connectivity index (χ0v) is 11.3. The first kappa shape index (κ1) is 14.0. The van der Waals surface area contributed by atoms with Gasteiger partial charge in [0.1, 0.15) is 0 Å². The Kier molecular flexibility index (Phi) is 4.21. The number of carbonyl (C=O) groups is 1. The van der Waals surface area contributed by atoms with E-state index >= 15 is 0 Å².